The first kappa shape index (κ1) is 23.4. The van der Waals surface area contributed by atoms with Gasteiger partial charge in [-0.25, -0.2) is 9.48 Å². The summed E-state index contributed by atoms with van der Waals surface area (Å²) in [5, 5.41) is 12.1. The van der Waals surface area contributed by atoms with Crippen LogP contribution < -0.4 is 9.47 Å². The number of methoxy groups -OCH3 is 1. The highest BCUT2D eigenvalue weighted by atomic mass is 35.5. The molecule has 0 radical (unpaired) electrons. The van der Waals surface area contributed by atoms with E-state index in [0.717, 1.165) is 16.8 Å². The van der Waals surface area contributed by atoms with Gasteiger partial charge in [-0.2, -0.15) is 23.5 Å². The maximum atomic E-state index is 13.3. The molecule has 0 unspecified atom stereocenters. The van der Waals surface area contributed by atoms with E-state index in [-0.39, 0.29) is 27.4 Å². The second-order valence-electron chi connectivity index (χ2n) is 5.75. The predicted molar refractivity (Wildman–Crippen MR) is 101 cm³/mol. The second kappa shape index (κ2) is 9.28. The second-order valence-corrected chi connectivity index (χ2v) is 6.56. The van der Waals surface area contributed by atoms with Gasteiger partial charge in [-0.05, 0) is 19.1 Å². The molecule has 1 aromatic carbocycles. The largest absolute Gasteiger partial charge is 0.477 e. The first-order chi connectivity index (χ1) is 14.0. The summed E-state index contributed by atoms with van der Waals surface area (Å²) in [5.41, 5.74) is -1.71. The number of aromatic nitrogens is 2. The molecule has 0 aliphatic rings. The van der Waals surface area contributed by atoms with Crippen LogP contribution in [-0.2, 0) is 22.8 Å². The Labute approximate surface area is 179 Å². The number of hydrogen-bond acceptors (Lipinski definition) is 6. The Morgan fingerprint density at radius 2 is 1.93 bits per heavy atom. The minimum atomic E-state index is -4.79. The van der Waals surface area contributed by atoms with Crippen LogP contribution in [0.5, 0.6) is 17.4 Å². The Kier molecular flexibility index (Phi) is 7.23. The summed E-state index contributed by atoms with van der Waals surface area (Å²) >= 11 is 12.2. The summed E-state index contributed by atoms with van der Waals surface area (Å²) < 4.78 is 56.3. The van der Waals surface area contributed by atoms with Crippen LogP contribution in [0.15, 0.2) is 18.2 Å². The van der Waals surface area contributed by atoms with Crippen LogP contribution in [0.25, 0.3) is 6.08 Å². The lowest BCUT2D eigenvalue weighted by Gasteiger charge is -2.16. The number of aryl methyl sites for hydroxylation is 1. The lowest BCUT2D eigenvalue weighted by molar-refractivity contribution is -0.148. The molecule has 0 bridgehead atoms. The molecule has 1 atom stereocenters. The third kappa shape index (κ3) is 5.17. The number of halogens is 5. The maximum Gasteiger partial charge on any atom is 0.435 e. The highest BCUT2D eigenvalue weighted by Crippen LogP contribution is 2.42. The fourth-order valence-corrected chi connectivity index (χ4v) is 2.78. The van der Waals surface area contributed by atoms with Crippen LogP contribution in [0.2, 0.25) is 10.0 Å². The molecular formula is C18H14Cl2F3N3O4. The number of carbonyl (C=O) groups is 1. The van der Waals surface area contributed by atoms with Crippen molar-refractivity contribution in [3.63, 3.8) is 0 Å². The molecule has 0 aliphatic heterocycles. The van der Waals surface area contributed by atoms with Gasteiger partial charge in [-0.15, -0.1) is 0 Å². The summed E-state index contributed by atoms with van der Waals surface area (Å²) in [7, 11) is 2.41. The van der Waals surface area contributed by atoms with E-state index in [1.54, 1.807) is 6.07 Å². The molecule has 0 spiro atoms. The van der Waals surface area contributed by atoms with E-state index >= 15 is 0 Å². The lowest BCUT2D eigenvalue weighted by Crippen LogP contribution is -2.25. The van der Waals surface area contributed by atoms with E-state index < -0.39 is 29.5 Å². The van der Waals surface area contributed by atoms with E-state index in [4.69, 9.17) is 37.9 Å². The maximum absolute atomic E-state index is 13.3. The average Bonchev–Trinajstić information content (AvgIpc) is 2.98. The molecule has 7 nitrogen and oxygen atoms in total. The molecule has 2 rings (SSSR count). The predicted octanol–water partition coefficient (Wildman–Crippen LogP) is 5.02. The highest BCUT2D eigenvalue weighted by molar-refractivity contribution is 6.36. The van der Waals surface area contributed by atoms with E-state index in [9.17, 15) is 18.0 Å². The van der Waals surface area contributed by atoms with E-state index in [0.29, 0.717) is 0 Å². The van der Waals surface area contributed by atoms with Crippen molar-refractivity contribution in [3.8, 4) is 23.4 Å². The minimum absolute atomic E-state index is 0.0127. The van der Waals surface area contributed by atoms with Crippen molar-refractivity contribution >= 4 is 35.2 Å². The number of benzene rings is 1. The molecule has 0 aliphatic carbocycles. The van der Waals surface area contributed by atoms with Crippen LogP contribution in [0.1, 0.15) is 18.2 Å². The van der Waals surface area contributed by atoms with Crippen molar-refractivity contribution in [2.24, 2.45) is 7.05 Å². The molecule has 0 N–H and O–H groups in total. The van der Waals surface area contributed by atoms with Gasteiger partial charge < -0.3 is 14.2 Å². The zero-order chi connectivity index (χ0) is 22.6. The van der Waals surface area contributed by atoms with Gasteiger partial charge in [0.15, 0.2) is 17.5 Å². The highest BCUT2D eigenvalue weighted by Gasteiger charge is 2.39. The molecule has 0 saturated carbocycles. The van der Waals surface area contributed by atoms with Gasteiger partial charge in [-0.3, -0.25) is 0 Å². The molecule has 0 amide bonds. The molecule has 30 heavy (non-hydrogen) atoms. The first-order valence-corrected chi connectivity index (χ1v) is 8.86. The number of allylic oxidation sites excluding steroid dienone is 1. The summed E-state index contributed by atoms with van der Waals surface area (Å²) in [6.45, 7) is 1.42. The number of ether oxygens (including phenoxy) is 3. The molecule has 0 fully saturated rings. The van der Waals surface area contributed by atoms with E-state index in [2.05, 4.69) is 9.84 Å². The third-order valence-corrected chi connectivity index (χ3v) is 4.24. The number of esters is 1. The van der Waals surface area contributed by atoms with Crippen molar-refractivity contribution in [1.82, 2.24) is 9.78 Å². The summed E-state index contributed by atoms with van der Waals surface area (Å²) in [6, 6.07) is 4.06. The van der Waals surface area contributed by atoms with Gasteiger partial charge >= 0.3 is 12.1 Å². The van der Waals surface area contributed by atoms with Crippen LogP contribution in [0, 0.1) is 11.3 Å². The fourth-order valence-electron chi connectivity index (χ4n) is 2.31. The quantitative estimate of drug-likeness (QED) is 0.441. The van der Waals surface area contributed by atoms with Gasteiger partial charge in [0.2, 0.25) is 5.88 Å². The fraction of sp³-hybridized carbons (Fsp3) is 0.278. The number of nitrogens with zero attached hydrogens (tertiary/aromatic N) is 3. The molecule has 1 aromatic heterocycles. The molecular weight excluding hydrogens is 450 g/mol. The molecule has 160 valence electrons. The van der Waals surface area contributed by atoms with Crippen molar-refractivity contribution < 1.29 is 32.2 Å². The minimum Gasteiger partial charge on any atom is -0.477 e. The number of carbonyl (C=O) groups excluding carboxylic acids is 1. The summed E-state index contributed by atoms with van der Waals surface area (Å²) in [6.07, 6.45) is -4.03. The first-order valence-electron chi connectivity index (χ1n) is 8.11. The normalized spacial score (nSPS) is 12.5. The van der Waals surface area contributed by atoms with Crippen LogP contribution in [-0.4, -0.2) is 29.0 Å². The Morgan fingerprint density at radius 3 is 2.50 bits per heavy atom. The van der Waals surface area contributed by atoms with Gasteiger partial charge in [0, 0.05) is 19.2 Å². The Morgan fingerprint density at radius 1 is 1.30 bits per heavy atom. The lowest BCUT2D eigenvalue weighted by atomic mass is 10.2. The van der Waals surface area contributed by atoms with E-state index in [1.807, 2.05) is 0 Å². The molecule has 2 aromatic rings. The topological polar surface area (TPSA) is 86.4 Å². The van der Waals surface area contributed by atoms with Gasteiger partial charge in [0.25, 0.3) is 0 Å². The Hall–Kier alpha value is -2.90. The van der Waals surface area contributed by atoms with Crippen LogP contribution >= 0.6 is 23.2 Å². The van der Waals surface area contributed by atoms with Crippen molar-refractivity contribution in [2.75, 3.05) is 7.11 Å². The zero-order valence-corrected chi connectivity index (χ0v) is 17.3. The van der Waals surface area contributed by atoms with E-state index in [1.165, 1.54) is 33.2 Å². The number of rotatable bonds is 6. The number of hydrogen-bond donors (Lipinski definition) is 0. The number of alkyl halides is 3. The Bertz CT molecular complexity index is 1030. The van der Waals surface area contributed by atoms with Crippen molar-refractivity contribution in [1.29, 1.82) is 5.26 Å². The summed E-state index contributed by atoms with van der Waals surface area (Å²) in [4.78, 5) is 11.6. The van der Waals surface area contributed by atoms with Gasteiger partial charge in [-0.1, -0.05) is 23.2 Å². The SMILES string of the molecule is COC(=O)[C@H](C)Oc1cc(Oc2c(C=CC#N)c(C(F)(F)F)nn2C)c(Cl)cc1Cl. The van der Waals surface area contributed by atoms with Crippen molar-refractivity contribution in [3.05, 3.63) is 39.5 Å². The van der Waals surface area contributed by atoms with Crippen LogP contribution in [0.4, 0.5) is 13.2 Å². The smallest absolute Gasteiger partial charge is 0.435 e. The molecule has 1 heterocycles. The van der Waals surface area contributed by atoms with Gasteiger partial charge in [0.05, 0.1) is 28.8 Å². The molecule has 12 heteroatoms. The van der Waals surface area contributed by atoms with Crippen LogP contribution in [0.3, 0.4) is 0 Å². The third-order valence-electron chi connectivity index (χ3n) is 3.65. The zero-order valence-electron chi connectivity index (χ0n) is 15.8. The summed E-state index contributed by atoms with van der Waals surface area (Å²) in [5.74, 6) is -1.13. The van der Waals surface area contributed by atoms with Gasteiger partial charge in [0.1, 0.15) is 5.75 Å². The average molecular weight is 464 g/mol. The molecule has 0 saturated heterocycles. The standard InChI is InChI=1S/C18H14Cl2F3N3O4/c1-9(17(27)28-3)29-13-8-14(12(20)7-11(13)19)30-16-10(5-4-6-24)15(18(21,22)23)25-26(16)2/h4-5,7-9H,1-3H3/t9-/m0/s1. The Balaban J connectivity index is 2.51. The number of nitriles is 1. The monoisotopic (exact) mass is 463 g/mol. The van der Waals surface area contributed by atoms with Crippen molar-refractivity contribution in [2.45, 2.75) is 19.2 Å².